The Morgan fingerprint density at radius 1 is 1.14 bits per heavy atom. The highest BCUT2D eigenvalue weighted by molar-refractivity contribution is 5.71. The van der Waals surface area contributed by atoms with Gasteiger partial charge in [0, 0.05) is 17.4 Å². The average Bonchev–Trinajstić information content (AvgIpc) is 2.37. The van der Waals surface area contributed by atoms with Gasteiger partial charge in [-0.3, -0.25) is 10.1 Å². The van der Waals surface area contributed by atoms with Crippen LogP contribution < -0.4 is 11.1 Å². The van der Waals surface area contributed by atoms with Crippen molar-refractivity contribution in [1.29, 1.82) is 0 Å². The molecule has 0 atom stereocenters. The molecule has 0 amide bonds. The summed E-state index contributed by atoms with van der Waals surface area (Å²) in [6.07, 6.45) is -4.64. The lowest BCUT2D eigenvalue weighted by atomic mass is 10.1. The van der Waals surface area contributed by atoms with Crippen molar-refractivity contribution < 1.29 is 18.1 Å². The summed E-state index contributed by atoms with van der Waals surface area (Å²) in [5.74, 6) is 0. The van der Waals surface area contributed by atoms with Gasteiger partial charge >= 0.3 is 6.18 Å². The van der Waals surface area contributed by atoms with Crippen LogP contribution in [-0.4, -0.2) is 4.92 Å². The summed E-state index contributed by atoms with van der Waals surface area (Å²) in [5.41, 5.74) is 4.66. The van der Waals surface area contributed by atoms with E-state index in [0.717, 1.165) is 12.1 Å². The molecule has 110 valence electrons. The lowest BCUT2D eigenvalue weighted by molar-refractivity contribution is -0.384. The molecule has 8 heteroatoms. The summed E-state index contributed by atoms with van der Waals surface area (Å²) in [4.78, 5) is 10.1. The predicted molar refractivity (Wildman–Crippen MR) is 72.2 cm³/mol. The first-order valence-corrected chi connectivity index (χ1v) is 5.75. The van der Waals surface area contributed by atoms with Crippen LogP contribution in [0.2, 0.25) is 0 Å². The second-order valence-electron chi connectivity index (χ2n) is 4.24. The van der Waals surface area contributed by atoms with Crippen LogP contribution in [0.15, 0.2) is 42.5 Å². The number of hydrogen-bond acceptors (Lipinski definition) is 4. The van der Waals surface area contributed by atoms with E-state index in [0.29, 0.717) is 17.4 Å². The van der Waals surface area contributed by atoms with E-state index in [1.165, 1.54) is 6.07 Å². The molecule has 0 aliphatic heterocycles. The van der Waals surface area contributed by atoms with E-state index in [9.17, 15) is 23.3 Å². The van der Waals surface area contributed by atoms with Crippen molar-refractivity contribution in [3.63, 3.8) is 0 Å². The molecule has 0 unspecified atom stereocenters. The average molecular weight is 297 g/mol. The lowest BCUT2D eigenvalue weighted by Crippen LogP contribution is -2.06. The van der Waals surface area contributed by atoms with E-state index in [2.05, 4.69) is 5.32 Å². The molecule has 0 aliphatic rings. The number of nitrogens with one attached hydrogen (secondary N) is 1. The minimum Gasteiger partial charge on any atom is -0.399 e. The zero-order valence-electron chi connectivity index (χ0n) is 10.5. The van der Waals surface area contributed by atoms with Crippen molar-refractivity contribution >= 4 is 22.7 Å². The molecule has 0 heterocycles. The summed E-state index contributed by atoms with van der Waals surface area (Å²) in [6, 6.07) is 8.64. The number of nitro benzene ring substituents is 1. The Morgan fingerprint density at radius 3 is 2.43 bits per heavy atom. The van der Waals surface area contributed by atoms with Crippen LogP contribution in [0.3, 0.4) is 0 Å². The number of nitrogens with zero attached hydrogens (tertiary/aromatic N) is 1. The Kier molecular flexibility index (Phi) is 3.70. The van der Waals surface area contributed by atoms with E-state index in [1.54, 1.807) is 18.2 Å². The van der Waals surface area contributed by atoms with Crippen LogP contribution in [0.1, 0.15) is 5.56 Å². The molecule has 3 N–H and O–H groups in total. The zero-order valence-corrected chi connectivity index (χ0v) is 10.5. The highest BCUT2D eigenvalue weighted by Gasteiger charge is 2.33. The van der Waals surface area contributed by atoms with Gasteiger partial charge in [-0.1, -0.05) is 6.07 Å². The highest BCUT2D eigenvalue weighted by Crippen LogP contribution is 2.36. The fourth-order valence-corrected chi connectivity index (χ4v) is 1.74. The number of hydrogen-bond donors (Lipinski definition) is 2. The molecule has 0 aliphatic carbocycles. The second kappa shape index (κ2) is 5.31. The number of anilines is 3. The van der Waals surface area contributed by atoms with Gasteiger partial charge in [0.2, 0.25) is 0 Å². The second-order valence-corrected chi connectivity index (χ2v) is 4.24. The van der Waals surface area contributed by atoms with E-state index >= 15 is 0 Å². The molecule has 0 saturated heterocycles. The van der Waals surface area contributed by atoms with E-state index in [-0.39, 0.29) is 5.69 Å². The zero-order chi connectivity index (χ0) is 15.6. The molecule has 0 saturated carbocycles. The van der Waals surface area contributed by atoms with Crippen molar-refractivity contribution in [1.82, 2.24) is 0 Å². The number of alkyl halides is 3. The minimum atomic E-state index is -4.64. The summed E-state index contributed by atoms with van der Waals surface area (Å²) < 4.78 is 37.7. The maximum Gasteiger partial charge on any atom is 0.416 e. The fourth-order valence-electron chi connectivity index (χ4n) is 1.74. The van der Waals surface area contributed by atoms with Crippen LogP contribution in [0.5, 0.6) is 0 Å². The quantitative estimate of drug-likeness (QED) is 0.511. The van der Waals surface area contributed by atoms with Gasteiger partial charge in [0.1, 0.15) is 5.69 Å². The predicted octanol–water partition coefficient (Wildman–Crippen LogP) is 3.94. The smallest absolute Gasteiger partial charge is 0.399 e. The van der Waals surface area contributed by atoms with Gasteiger partial charge in [0.15, 0.2) is 0 Å². The van der Waals surface area contributed by atoms with Gasteiger partial charge < -0.3 is 11.1 Å². The molecule has 0 bridgehead atoms. The van der Waals surface area contributed by atoms with E-state index < -0.39 is 22.4 Å². The molecule has 21 heavy (non-hydrogen) atoms. The van der Waals surface area contributed by atoms with Gasteiger partial charge in [-0.2, -0.15) is 13.2 Å². The Bertz CT molecular complexity index is 687. The molecule has 2 aromatic rings. The first kappa shape index (κ1) is 14.6. The largest absolute Gasteiger partial charge is 0.416 e. The number of nitrogen functional groups attached to an aromatic ring is 1. The Labute approximate surface area is 117 Å². The molecular formula is C13H10F3N3O2. The summed E-state index contributed by atoms with van der Waals surface area (Å²) in [5, 5.41) is 13.6. The lowest BCUT2D eigenvalue weighted by Gasteiger charge is -2.11. The van der Waals surface area contributed by atoms with Gasteiger partial charge in [-0.05, 0) is 30.3 Å². The number of nitro groups is 1. The third kappa shape index (κ3) is 3.41. The molecule has 0 radical (unpaired) electrons. The van der Waals surface area contributed by atoms with Crippen molar-refractivity contribution in [2.45, 2.75) is 6.18 Å². The third-order valence-electron chi connectivity index (χ3n) is 2.69. The van der Waals surface area contributed by atoms with Crippen molar-refractivity contribution in [2.75, 3.05) is 11.1 Å². The number of benzene rings is 2. The normalized spacial score (nSPS) is 11.2. The summed E-state index contributed by atoms with van der Waals surface area (Å²) >= 11 is 0. The molecule has 2 rings (SSSR count). The highest BCUT2D eigenvalue weighted by atomic mass is 19.4. The Hall–Kier alpha value is -2.77. The first-order valence-electron chi connectivity index (χ1n) is 5.75. The minimum absolute atomic E-state index is 0.0430. The first-order chi connectivity index (χ1) is 9.77. The monoisotopic (exact) mass is 297 g/mol. The van der Waals surface area contributed by atoms with Crippen LogP contribution in [0.4, 0.5) is 35.9 Å². The molecule has 0 fully saturated rings. The van der Waals surface area contributed by atoms with Crippen molar-refractivity contribution in [3.8, 4) is 0 Å². The molecule has 0 aromatic heterocycles. The van der Waals surface area contributed by atoms with E-state index in [1.807, 2.05) is 0 Å². The molecule has 0 spiro atoms. The number of halogens is 3. The van der Waals surface area contributed by atoms with Crippen molar-refractivity contribution in [3.05, 3.63) is 58.1 Å². The van der Waals surface area contributed by atoms with Crippen LogP contribution in [0.25, 0.3) is 0 Å². The van der Waals surface area contributed by atoms with Crippen LogP contribution in [0, 0.1) is 10.1 Å². The number of nitrogens with two attached hydrogens (primary N) is 1. The Balaban J connectivity index is 2.42. The topological polar surface area (TPSA) is 81.2 Å². The summed E-state index contributed by atoms with van der Waals surface area (Å²) in [7, 11) is 0. The van der Waals surface area contributed by atoms with Gasteiger partial charge in [0.05, 0.1) is 10.5 Å². The van der Waals surface area contributed by atoms with E-state index in [4.69, 9.17) is 5.73 Å². The third-order valence-corrected chi connectivity index (χ3v) is 2.69. The van der Waals surface area contributed by atoms with Crippen LogP contribution >= 0.6 is 0 Å². The van der Waals surface area contributed by atoms with Gasteiger partial charge in [0.25, 0.3) is 5.69 Å². The SMILES string of the molecule is Nc1cccc(Nc2ccc(C(F)(F)F)cc2[N+](=O)[O-])c1. The summed E-state index contributed by atoms with van der Waals surface area (Å²) in [6.45, 7) is 0. The standard InChI is InChI=1S/C13H10F3N3O2/c14-13(15,16)8-4-5-11(12(6-8)19(20)21)18-10-3-1-2-9(17)7-10/h1-7,18H,17H2. The van der Waals surface area contributed by atoms with Gasteiger partial charge in [-0.15, -0.1) is 0 Å². The maximum atomic E-state index is 12.6. The van der Waals surface area contributed by atoms with Crippen molar-refractivity contribution in [2.24, 2.45) is 0 Å². The van der Waals surface area contributed by atoms with Crippen LogP contribution in [-0.2, 0) is 6.18 Å². The maximum absolute atomic E-state index is 12.6. The number of rotatable bonds is 3. The fraction of sp³-hybridized carbons (Fsp3) is 0.0769. The molecular weight excluding hydrogens is 287 g/mol. The molecule has 2 aromatic carbocycles. The van der Waals surface area contributed by atoms with Gasteiger partial charge in [-0.25, -0.2) is 0 Å². The Morgan fingerprint density at radius 2 is 1.86 bits per heavy atom. The molecule has 5 nitrogen and oxygen atoms in total.